The minimum Gasteiger partial charge on any atom is -0.156 e. The molecule has 2 unspecified atom stereocenters. The topological polar surface area (TPSA) is 0 Å². The molecule has 0 nitrogen and oxygen atoms in total. The minimum atomic E-state index is 0.818. The molecule has 12 heavy (non-hydrogen) atoms. The van der Waals surface area contributed by atoms with E-state index < -0.39 is 0 Å². The van der Waals surface area contributed by atoms with E-state index in [2.05, 4.69) is 46.8 Å². The Morgan fingerprint density at radius 3 is 1.67 bits per heavy atom. The zero-order valence-electron chi connectivity index (χ0n) is 6.51. The third-order valence-corrected chi connectivity index (χ3v) is 7.20. The molecule has 1 heterocycles. The second-order valence-electron chi connectivity index (χ2n) is 2.50. The van der Waals surface area contributed by atoms with Gasteiger partial charge < -0.3 is 0 Å². The molecular weight excluding hydrogens is 264 g/mol. The lowest BCUT2D eigenvalue weighted by atomic mass is 10.5. The zero-order valence-corrected chi connectivity index (χ0v) is 11.6. The maximum Gasteiger partial charge on any atom is 0.0237 e. The van der Waals surface area contributed by atoms with Crippen LogP contribution in [-0.2, 0) is 0 Å². The fourth-order valence-electron chi connectivity index (χ4n) is 0.942. The molecule has 0 aliphatic carbocycles. The number of thiol groups is 2. The molecule has 0 amide bonds. The van der Waals surface area contributed by atoms with Gasteiger partial charge in [-0.3, -0.25) is 0 Å². The first-order chi connectivity index (χ1) is 5.86. The van der Waals surface area contributed by atoms with Crippen molar-refractivity contribution in [2.24, 2.45) is 0 Å². The summed E-state index contributed by atoms with van der Waals surface area (Å²) in [6.45, 7) is 0. The molecule has 0 radical (unpaired) electrons. The molecule has 0 aromatic rings. The summed E-state index contributed by atoms with van der Waals surface area (Å²) in [5.74, 6) is 4.94. The molecule has 1 aliphatic rings. The number of thioether (sulfide) groups is 2. The van der Waals surface area contributed by atoms with Gasteiger partial charge in [-0.15, -0.1) is 23.3 Å². The highest BCUT2D eigenvalue weighted by atomic mass is 33.1. The van der Waals surface area contributed by atoms with Crippen LogP contribution in [0, 0.1) is 0 Å². The van der Waals surface area contributed by atoms with Gasteiger partial charge in [0.1, 0.15) is 0 Å². The molecule has 1 saturated heterocycles. The highest BCUT2D eigenvalue weighted by molar-refractivity contribution is 8.69. The smallest absolute Gasteiger partial charge is 0.0237 e. The van der Waals surface area contributed by atoms with E-state index in [9.17, 15) is 0 Å². The first-order valence-electron chi connectivity index (χ1n) is 3.62. The fourth-order valence-corrected chi connectivity index (χ4v) is 7.12. The van der Waals surface area contributed by atoms with Crippen LogP contribution in [0.25, 0.3) is 0 Å². The number of hydrogen-bond donors (Lipinski definition) is 2. The third-order valence-electron chi connectivity index (χ3n) is 1.56. The van der Waals surface area contributed by atoms with Gasteiger partial charge in [0, 0.05) is 33.5 Å². The number of hydrogen-bond acceptors (Lipinski definition) is 6. The molecule has 72 valence electrons. The molecule has 0 aromatic heterocycles. The molecule has 0 aromatic carbocycles. The standard InChI is InChI=1S/C6H12S6/c7-11-3-5-1-9-6(2-10-5)4-12-8/h5-8H,1-4H2. The quantitative estimate of drug-likeness (QED) is 0.596. The average Bonchev–Trinajstić information content (AvgIpc) is 2.09. The van der Waals surface area contributed by atoms with Gasteiger partial charge in [-0.25, -0.2) is 0 Å². The molecule has 1 rings (SSSR count). The normalized spacial score (nSPS) is 30.5. The Morgan fingerprint density at radius 2 is 1.42 bits per heavy atom. The molecule has 2 atom stereocenters. The Kier molecular flexibility index (Phi) is 7.50. The zero-order chi connectivity index (χ0) is 8.81. The molecule has 1 aliphatic heterocycles. The summed E-state index contributed by atoms with van der Waals surface area (Å²) in [5, 5.41) is 1.64. The largest absolute Gasteiger partial charge is 0.156 e. The maximum atomic E-state index is 4.17. The molecule has 1 fully saturated rings. The van der Waals surface area contributed by atoms with Gasteiger partial charge in [-0.2, -0.15) is 23.5 Å². The van der Waals surface area contributed by atoms with Gasteiger partial charge in [-0.05, 0) is 0 Å². The Bertz CT molecular complexity index is 96.6. The third kappa shape index (κ3) is 4.55. The summed E-state index contributed by atoms with van der Waals surface area (Å²) in [6.07, 6.45) is 0. The first-order valence-corrected chi connectivity index (χ1v) is 9.80. The summed E-state index contributed by atoms with van der Waals surface area (Å²) in [6, 6.07) is 0. The van der Waals surface area contributed by atoms with Crippen LogP contribution in [0.15, 0.2) is 0 Å². The van der Waals surface area contributed by atoms with Crippen LogP contribution in [0.4, 0.5) is 0 Å². The predicted octanol–water partition coefficient (Wildman–Crippen LogP) is 3.36. The fraction of sp³-hybridized carbons (Fsp3) is 1.00. The lowest BCUT2D eigenvalue weighted by Crippen LogP contribution is -2.24. The van der Waals surface area contributed by atoms with E-state index in [0.717, 1.165) is 10.5 Å². The lowest BCUT2D eigenvalue weighted by molar-refractivity contribution is 1.06. The Balaban J connectivity index is 2.11. The van der Waals surface area contributed by atoms with E-state index in [4.69, 9.17) is 0 Å². The van der Waals surface area contributed by atoms with E-state index in [1.165, 1.54) is 23.0 Å². The van der Waals surface area contributed by atoms with E-state index in [0.29, 0.717) is 0 Å². The van der Waals surface area contributed by atoms with E-state index in [-0.39, 0.29) is 0 Å². The lowest BCUT2D eigenvalue weighted by Gasteiger charge is -2.26. The first kappa shape index (κ1) is 12.2. The minimum absolute atomic E-state index is 0.818. The molecule has 0 spiro atoms. The van der Waals surface area contributed by atoms with Crippen molar-refractivity contribution < 1.29 is 0 Å². The van der Waals surface area contributed by atoms with E-state index in [1.807, 2.05) is 0 Å². The van der Waals surface area contributed by atoms with Gasteiger partial charge in [0.05, 0.1) is 0 Å². The summed E-state index contributed by atoms with van der Waals surface area (Å²) >= 11 is 12.5. The maximum absolute atomic E-state index is 4.17. The van der Waals surface area contributed by atoms with Crippen LogP contribution in [0.2, 0.25) is 0 Å². The monoisotopic (exact) mass is 276 g/mol. The van der Waals surface area contributed by atoms with Gasteiger partial charge in [0.25, 0.3) is 0 Å². The summed E-state index contributed by atoms with van der Waals surface area (Å²) < 4.78 is 0. The van der Waals surface area contributed by atoms with Crippen LogP contribution >= 0.6 is 68.4 Å². The number of rotatable bonds is 4. The van der Waals surface area contributed by atoms with Crippen molar-refractivity contribution in [1.29, 1.82) is 0 Å². The SMILES string of the molecule is SSCC1CSC(CSS)CS1. The molecule has 0 bridgehead atoms. The van der Waals surface area contributed by atoms with Crippen molar-refractivity contribution >= 4 is 68.4 Å². The van der Waals surface area contributed by atoms with Crippen molar-refractivity contribution in [2.45, 2.75) is 10.5 Å². The van der Waals surface area contributed by atoms with Gasteiger partial charge >= 0.3 is 0 Å². The highest BCUT2D eigenvalue weighted by Gasteiger charge is 2.21. The van der Waals surface area contributed by atoms with E-state index in [1.54, 1.807) is 21.6 Å². The van der Waals surface area contributed by atoms with Crippen LogP contribution in [0.3, 0.4) is 0 Å². The van der Waals surface area contributed by atoms with Crippen molar-refractivity contribution in [3.8, 4) is 0 Å². The van der Waals surface area contributed by atoms with Gasteiger partial charge in [-0.1, -0.05) is 21.6 Å². The average molecular weight is 277 g/mol. The van der Waals surface area contributed by atoms with Gasteiger partial charge in [0.2, 0.25) is 0 Å². The Labute approximate surface area is 101 Å². The molecular formula is C6H12S6. The predicted molar refractivity (Wildman–Crippen MR) is 75.4 cm³/mol. The molecule has 6 heteroatoms. The highest BCUT2D eigenvalue weighted by Crippen LogP contribution is 2.34. The summed E-state index contributed by atoms with van der Waals surface area (Å²) in [7, 11) is 3.33. The van der Waals surface area contributed by atoms with Crippen molar-refractivity contribution in [1.82, 2.24) is 0 Å². The summed E-state index contributed by atoms with van der Waals surface area (Å²) in [4.78, 5) is 0. The second-order valence-corrected chi connectivity index (χ2v) is 7.90. The molecule has 0 saturated carbocycles. The molecule has 0 N–H and O–H groups in total. The second kappa shape index (κ2) is 7.40. The Hall–Kier alpha value is 2.10. The van der Waals surface area contributed by atoms with Crippen LogP contribution < -0.4 is 0 Å². The summed E-state index contributed by atoms with van der Waals surface area (Å²) in [5.41, 5.74) is 0. The van der Waals surface area contributed by atoms with Crippen LogP contribution in [0.5, 0.6) is 0 Å². The van der Waals surface area contributed by atoms with Crippen molar-refractivity contribution in [2.75, 3.05) is 23.0 Å². The van der Waals surface area contributed by atoms with E-state index >= 15 is 0 Å². The Morgan fingerprint density at radius 1 is 1.00 bits per heavy atom. The van der Waals surface area contributed by atoms with Crippen molar-refractivity contribution in [3.63, 3.8) is 0 Å². The van der Waals surface area contributed by atoms with Crippen LogP contribution in [0.1, 0.15) is 0 Å². The van der Waals surface area contributed by atoms with Gasteiger partial charge in [0.15, 0.2) is 0 Å². The van der Waals surface area contributed by atoms with Crippen LogP contribution in [-0.4, -0.2) is 33.5 Å². The van der Waals surface area contributed by atoms with Crippen molar-refractivity contribution in [3.05, 3.63) is 0 Å².